The largest absolute Gasteiger partial charge is 2.00 e. The normalized spacial score (nSPS) is 15.7. The topological polar surface area (TPSA) is 108 Å². The van der Waals surface area contributed by atoms with Crippen molar-refractivity contribution in [2.75, 3.05) is 4.90 Å². The van der Waals surface area contributed by atoms with Crippen LogP contribution in [0.25, 0.3) is 55.6 Å². The van der Waals surface area contributed by atoms with Gasteiger partial charge in [0.1, 0.15) is 0 Å². The Morgan fingerprint density at radius 1 is 0.720 bits per heavy atom. The second-order valence-corrected chi connectivity index (χ2v) is 12.3. The number of nitrogens with zero attached hydrogens (tertiary/aromatic N) is 12. The molecular formula is C36H30N12Pt2. The van der Waals surface area contributed by atoms with Crippen molar-refractivity contribution in [3.8, 4) is 28.3 Å². The Labute approximate surface area is 317 Å². The molecule has 10 rings (SSSR count). The fourth-order valence-electron chi connectivity index (χ4n) is 6.67. The number of imidazole rings is 4. The number of aryl methyl sites for hydroxylation is 4. The van der Waals surface area contributed by atoms with Crippen molar-refractivity contribution < 1.29 is 42.1 Å². The summed E-state index contributed by atoms with van der Waals surface area (Å²) in [6, 6.07) is 14.6. The van der Waals surface area contributed by atoms with E-state index in [4.69, 9.17) is 10.3 Å². The minimum absolute atomic E-state index is 0. The van der Waals surface area contributed by atoms with E-state index in [1.54, 1.807) is 6.33 Å². The summed E-state index contributed by atoms with van der Waals surface area (Å²) in [5.41, 5.74) is 8.11. The van der Waals surface area contributed by atoms with Crippen molar-refractivity contribution in [3.63, 3.8) is 0 Å². The monoisotopic (exact) mass is 1020 g/mol. The minimum atomic E-state index is 0. The summed E-state index contributed by atoms with van der Waals surface area (Å²) in [6.45, 7) is 0. The molecule has 12 nitrogen and oxygen atoms in total. The average molecular weight is 1020 g/mol. The molecule has 0 bridgehead atoms. The molecule has 2 aliphatic rings. The molecule has 2 atom stereocenters. The summed E-state index contributed by atoms with van der Waals surface area (Å²) in [6.07, 6.45) is 23.7. The maximum absolute atomic E-state index is 5.02. The van der Waals surface area contributed by atoms with E-state index in [0.717, 1.165) is 61.8 Å². The number of hydrogen-bond acceptors (Lipinski definition) is 5. The number of rotatable bonds is 4. The van der Waals surface area contributed by atoms with Crippen LogP contribution < -0.4 is 9.88 Å². The molecule has 0 N–H and O–H groups in total. The van der Waals surface area contributed by atoms with Crippen LogP contribution >= 0.6 is 0 Å². The number of benzene rings is 2. The second-order valence-electron chi connectivity index (χ2n) is 12.3. The fraction of sp³-hybridized carbons (Fsp3) is 0.167. The van der Waals surface area contributed by atoms with Crippen LogP contribution in [0.5, 0.6) is 0 Å². The van der Waals surface area contributed by atoms with E-state index in [-0.39, 0.29) is 54.2 Å². The third-order valence-corrected chi connectivity index (χ3v) is 8.89. The van der Waals surface area contributed by atoms with Crippen LogP contribution in [0.3, 0.4) is 0 Å². The number of aromatic nitrogens is 10. The molecule has 0 amide bonds. The van der Waals surface area contributed by atoms with Crippen LogP contribution in [0, 0.1) is 12.7 Å². The van der Waals surface area contributed by atoms with E-state index >= 15 is 0 Å². The van der Waals surface area contributed by atoms with Crippen molar-refractivity contribution in [1.29, 1.82) is 0 Å². The van der Waals surface area contributed by atoms with Gasteiger partial charge in [-0.2, -0.15) is 0 Å². The summed E-state index contributed by atoms with van der Waals surface area (Å²) in [4.78, 5) is 24.6. The van der Waals surface area contributed by atoms with Gasteiger partial charge >= 0.3 is 42.1 Å². The molecule has 0 saturated carbocycles. The summed E-state index contributed by atoms with van der Waals surface area (Å²) in [7, 11) is 7.78. The first-order valence-electron chi connectivity index (χ1n) is 15.6. The van der Waals surface area contributed by atoms with Gasteiger partial charge in [-0.15, -0.1) is 18.1 Å². The van der Waals surface area contributed by atoms with Gasteiger partial charge in [0.05, 0.1) is 24.2 Å². The van der Waals surface area contributed by atoms with Gasteiger partial charge in [-0.1, -0.05) is 71.6 Å². The van der Waals surface area contributed by atoms with Crippen molar-refractivity contribution in [2.24, 2.45) is 28.2 Å². The standard InChI is InChI=1S/C18H16N6.C18H14N6.2Pt/c2*1-22-8-15(19-10-22)14-5-3-4-12-13-6-7-24(18(13)21-17(12)14)16-9-23(2)11-20-16;;/h3-10,13,18H,1-2H3;3-9,11H,1-2H3;;/q2*-2;2*+2. The van der Waals surface area contributed by atoms with E-state index in [1.807, 2.05) is 94.4 Å². The Balaban J connectivity index is 0.000000151. The van der Waals surface area contributed by atoms with E-state index in [9.17, 15) is 0 Å². The minimum Gasteiger partial charge on any atom is -0.664 e. The van der Waals surface area contributed by atoms with Crippen LogP contribution in [0.15, 0.2) is 98.4 Å². The Kier molecular flexibility index (Phi) is 8.78. The van der Waals surface area contributed by atoms with Gasteiger partial charge in [0.2, 0.25) is 0 Å². The van der Waals surface area contributed by atoms with E-state index < -0.39 is 0 Å². The summed E-state index contributed by atoms with van der Waals surface area (Å²) in [5, 5.41) is 7.27. The van der Waals surface area contributed by atoms with Gasteiger partial charge in [0.25, 0.3) is 0 Å². The molecule has 50 heavy (non-hydrogen) atoms. The Morgan fingerprint density at radius 2 is 1.48 bits per heavy atom. The number of fused-ring (bicyclic) bond motifs is 6. The average Bonchev–Trinajstić information content (AvgIpc) is 3.91. The van der Waals surface area contributed by atoms with Gasteiger partial charge in [-0.3, -0.25) is 0 Å². The quantitative estimate of drug-likeness (QED) is 0.208. The molecule has 14 heteroatoms. The molecular weight excluding hydrogens is 991 g/mol. The molecule has 0 spiro atoms. The maximum atomic E-state index is 5.02. The van der Waals surface area contributed by atoms with Crippen LogP contribution in [-0.4, -0.2) is 48.9 Å². The Hall–Kier alpha value is -4.92. The van der Waals surface area contributed by atoms with E-state index in [2.05, 4.69) is 86.2 Å². The van der Waals surface area contributed by atoms with Crippen LogP contribution in [0.2, 0.25) is 0 Å². The first-order chi connectivity index (χ1) is 23.4. The van der Waals surface area contributed by atoms with Crippen LogP contribution in [0.1, 0.15) is 11.5 Å². The van der Waals surface area contributed by atoms with Crippen molar-refractivity contribution in [1.82, 2.24) is 47.8 Å². The predicted octanol–water partition coefficient (Wildman–Crippen LogP) is 5.75. The van der Waals surface area contributed by atoms with Gasteiger partial charge in [-0.25, -0.2) is 9.97 Å². The van der Waals surface area contributed by atoms with Gasteiger partial charge in [-0.05, 0) is 59.8 Å². The summed E-state index contributed by atoms with van der Waals surface area (Å²) < 4.78 is 9.56. The third kappa shape index (κ3) is 5.56. The van der Waals surface area contributed by atoms with E-state index in [0.29, 0.717) is 0 Å². The smallest absolute Gasteiger partial charge is 0.664 e. The summed E-state index contributed by atoms with van der Waals surface area (Å²) >= 11 is 0. The zero-order chi connectivity index (χ0) is 32.5. The summed E-state index contributed by atoms with van der Waals surface area (Å²) in [5.74, 6) is 1.99. The van der Waals surface area contributed by atoms with Gasteiger partial charge in [0, 0.05) is 45.1 Å². The van der Waals surface area contributed by atoms with Crippen LogP contribution in [0.4, 0.5) is 11.5 Å². The molecule has 8 heterocycles. The molecule has 0 fully saturated rings. The van der Waals surface area contributed by atoms with Gasteiger partial charge < -0.3 is 48.0 Å². The zero-order valence-electron chi connectivity index (χ0n) is 27.4. The third-order valence-electron chi connectivity index (χ3n) is 8.89. The molecule has 0 aliphatic carbocycles. The molecule has 6 aromatic heterocycles. The molecule has 254 valence electrons. The molecule has 0 radical (unpaired) electrons. The SMILES string of the molecule is Cn1[c-]nc(-c2cccc3c2[n-]c2c3ccn2-c2cn(C)cn2)c1.Cn1[c-]nc(N2C=CC3c4cccc(-c5cn(C)cn5)c4[N-]C32)c1.[Pt+2].[Pt+2]. The van der Waals surface area contributed by atoms with E-state index in [1.165, 1.54) is 5.56 Å². The van der Waals surface area contributed by atoms with Gasteiger partial charge in [0.15, 0.2) is 0 Å². The number of para-hydroxylation sites is 2. The van der Waals surface area contributed by atoms with Crippen LogP contribution in [-0.2, 0) is 70.3 Å². The number of hydrogen-bond donors (Lipinski definition) is 0. The first-order valence-corrected chi connectivity index (χ1v) is 15.6. The Bertz CT molecular complexity index is 2490. The second kappa shape index (κ2) is 13.1. The van der Waals surface area contributed by atoms with Crippen molar-refractivity contribution >= 4 is 33.4 Å². The fourth-order valence-corrected chi connectivity index (χ4v) is 6.67. The molecule has 0 saturated heterocycles. The molecule has 8 aromatic rings. The number of anilines is 1. The molecule has 2 aromatic carbocycles. The zero-order valence-corrected chi connectivity index (χ0v) is 31.9. The molecule has 2 unspecified atom stereocenters. The molecule has 2 aliphatic heterocycles. The van der Waals surface area contributed by atoms with Crippen molar-refractivity contribution in [3.05, 3.63) is 122 Å². The first kappa shape index (κ1) is 33.6. The Morgan fingerprint density at radius 3 is 2.20 bits per heavy atom. The predicted molar refractivity (Wildman–Crippen MR) is 184 cm³/mol. The maximum Gasteiger partial charge on any atom is 2.00 e. The van der Waals surface area contributed by atoms with Crippen molar-refractivity contribution in [2.45, 2.75) is 12.1 Å².